The molecule has 100 valence electrons. The topological polar surface area (TPSA) is 35.5 Å². The van der Waals surface area contributed by atoms with E-state index in [1.807, 2.05) is 4.90 Å². The molecule has 3 nitrogen and oxygen atoms in total. The maximum Gasteiger partial charge on any atom is 0.166 e. The highest BCUT2D eigenvalue weighted by atomic mass is 79.9. The number of nitrogens with one attached hydrogen (secondary N) is 1. The molecule has 0 unspecified atom stereocenters. The van der Waals surface area contributed by atoms with Crippen molar-refractivity contribution in [2.75, 3.05) is 32.9 Å². The van der Waals surface area contributed by atoms with Crippen LogP contribution in [0.3, 0.4) is 0 Å². The van der Waals surface area contributed by atoms with Crippen LogP contribution in [0, 0.1) is 5.82 Å². The van der Waals surface area contributed by atoms with Gasteiger partial charge < -0.3 is 10.4 Å². The van der Waals surface area contributed by atoms with E-state index in [1.165, 1.54) is 6.07 Å². The standard InChI is InChI=1S/C12H15BrF2N2O/c13-8-5-9(12(18)10(15)6-8)11(7-14)17-3-1-16-2-4-17/h5-6,11,16,18H,1-4,7H2/t11-/m0/s1. The van der Waals surface area contributed by atoms with Gasteiger partial charge in [-0.3, -0.25) is 4.90 Å². The predicted octanol–water partition coefficient (Wildman–Crippen LogP) is 2.21. The Morgan fingerprint density at radius 1 is 1.39 bits per heavy atom. The van der Waals surface area contributed by atoms with Crippen LogP contribution in [0.4, 0.5) is 8.78 Å². The summed E-state index contributed by atoms with van der Waals surface area (Å²) in [7, 11) is 0. The van der Waals surface area contributed by atoms with Gasteiger partial charge in [0.15, 0.2) is 11.6 Å². The van der Waals surface area contributed by atoms with Crippen molar-refractivity contribution in [1.82, 2.24) is 10.2 Å². The maximum absolute atomic E-state index is 13.5. The predicted molar refractivity (Wildman–Crippen MR) is 68.9 cm³/mol. The Morgan fingerprint density at radius 2 is 2.06 bits per heavy atom. The number of phenolic OH excluding ortho intramolecular Hbond substituents is 1. The molecule has 18 heavy (non-hydrogen) atoms. The quantitative estimate of drug-likeness (QED) is 0.896. The first kappa shape index (κ1) is 13.7. The molecule has 0 radical (unpaired) electrons. The van der Waals surface area contributed by atoms with E-state index in [0.29, 0.717) is 23.1 Å². The van der Waals surface area contributed by atoms with Gasteiger partial charge >= 0.3 is 0 Å². The first-order valence-electron chi connectivity index (χ1n) is 5.82. The van der Waals surface area contributed by atoms with Gasteiger partial charge in [0.25, 0.3) is 0 Å². The molecule has 1 aliphatic rings. The minimum Gasteiger partial charge on any atom is -0.505 e. The lowest BCUT2D eigenvalue weighted by Crippen LogP contribution is -2.45. The fourth-order valence-corrected chi connectivity index (χ4v) is 2.66. The van der Waals surface area contributed by atoms with Crippen LogP contribution in [0.2, 0.25) is 0 Å². The number of aromatic hydroxyl groups is 1. The largest absolute Gasteiger partial charge is 0.505 e. The number of benzene rings is 1. The summed E-state index contributed by atoms with van der Waals surface area (Å²) in [6, 6.07) is 2.15. The van der Waals surface area contributed by atoms with Gasteiger partial charge in [-0.1, -0.05) is 15.9 Å². The lowest BCUT2D eigenvalue weighted by Gasteiger charge is -2.34. The Hall–Kier alpha value is -0.720. The first-order valence-corrected chi connectivity index (χ1v) is 6.61. The summed E-state index contributed by atoms with van der Waals surface area (Å²) in [5.74, 6) is -1.19. The van der Waals surface area contributed by atoms with Crippen LogP contribution >= 0.6 is 15.9 Å². The summed E-state index contributed by atoms with van der Waals surface area (Å²) >= 11 is 3.16. The average Bonchev–Trinajstić information content (AvgIpc) is 2.37. The molecule has 1 fully saturated rings. The molecular formula is C12H15BrF2N2O. The lowest BCUT2D eigenvalue weighted by atomic mass is 10.0. The second-order valence-corrected chi connectivity index (χ2v) is 5.20. The minimum atomic E-state index is -0.729. The molecule has 1 atom stereocenters. The normalized spacial score (nSPS) is 18.8. The van der Waals surface area contributed by atoms with E-state index >= 15 is 0 Å². The Morgan fingerprint density at radius 3 is 2.67 bits per heavy atom. The van der Waals surface area contributed by atoms with Gasteiger partial charge in [-0.05, 0) is 12.1 Å². The van der Waals surface area contributed by atoms with Gasteiger partial charge in [-0.25, -0.2) is 8.78 Å². The number of hydrogen-bond donors (Lipinski definition) is 2. The van der Waals surface area contributed by atoms with E-state index in [9.17, 15) is 13.9 Å². The van der Waals surface area contributed by atoms with Crippen molar-refractivity contribution in [1.29, 1.82) is 0 Å². The number of piperazine rings is 1. The smallest absolute Gasteiger partial charge is 0.166 e. The SMILES string of the molecule is Oc1c(F)cc(Br)cc1[C@H](CF)N1CCNCC1. The Balaban J connectivity index is 2.31. The van der Waals surface area contributed by atoms with E-state index in [2.05, 4.69) is 21.2 Å². The summed E-state index contributed by atoms with van der Waals surface area (Å²) in [5.41, 5.74) is 0.297. The van der Waals surface area contributed by atoms with Crippen LogP contribution in [0.1, 0.15) is 11.6 Å². The molecule has 2 rings (SSSR count). The van der Waals surface area contributed by atoms with Crippen LogP contribution in [-0.2, 0) is 0 Å². The zero-order valence-electron chi connectivity index (χ0n) is 9.80. The fraction of sp³-hybridized carbons (Fsp3) is 0.500. The molecule has 0 amide bonds. The van der Waals surface area contributed by atoms with Gasteiger partial charge in [-0.15, -0.1) is 0 Å². The van der Waals surface area contributed by atoms with Crippen LogP contribution in [-0.4, -0.2) is 42.9 Å². The summed E-state index contributed by atoms with van der Waals surface area (Å²) < 4.78 is 27.2. The van der Waals surface area contributed by atoms with E-state index in [0.717, 1.165) is 13.1 Å². The van der Waals surface area contributed by atoms with Gasteiger partial charge in [0.2, 0.25) is 0 Å². The third-order valence-electron chi connectivity index (χ3n) is 3.16. The molecule has 1 saturated heterocycles. The minimum absolute atomic E-state index is 0.297. The highest BCUT2D eigenvalue weighted by Gasteiger charge is 2.26. The van der Waals surface area contributed by atoms with E-state index < -0.39 is 24.3 Å². The number of nitrogens with zero attached hydrogens (tertiary/aromatic N) is 1. The Labute approximate surface area is 113 Å². The third-order valence-corrected chi connectivity index (χ3v) is 3.61. The second-order valence-electron chi connectivity index (χ2n) is 4.28. The van der Waals surface area contributed by atoms with Crippen molar-refractivity contribution < 1.29 is 13.9 Å². The highest BCUT2D eigenvalue weighted by molar-refractivity contribution is 9.10. The second kappa shape index (κ2) is 5.95. The van der Waals surface area contributed by atoms with Crippen LogP contribution in [0.15, 0.2) is 16.6 Å². The summed E-state index contributed by atoms with van der Waals surface area (Å²) in [4.78, 5) is 1.91. The lowest BCUT2D eigenvalue weighted by molar-refractivity contribution is 0.144. The molecule has 0 spiro atoms. The fourth-order valence-electron chi connectivity index (χ4n) is 2.21. The van der Waals surface area contributed by atoms with E-state index in [1.54, 1.807) is 6.07 Å². The molecule has 0 saturated carbocycles. The van der Waals surface area contributed by atoms with Gasteiger partial charge in [0.05, 0.1) is 6.04 Å². The highest BCUT2D eigenvalue weighted by Crippen LogP contribution is 2.34. The number of rotatable bonds is 3. The molecule has 1 heterocycles. The monoisotopic (exact) mass is 320 g/mol. The van der Waals surface area contributed by atoms with E-state index in [-0.39, 0.29) is 0 Å². The third kappa shape index (κ3) is 2.81. The molecular weight excluding hydrogens is 306 g/mol. The van der Waals surface area contributed by atoms with Crippen molar-refractivity contribution in [3.05, 3.63) is 28.0 Å². The molecule has 2 N–H and O–H groups in total. The molecule has 1 aromatic rings. The van der Waals surface area contributed by atoms with Gasteiger partial charge in [0, 0.05) is 36.2 Å². The number of phenols is 1. The van der Waals surface area contributed by atoms with Crippen molar-refractivity contribution in [3.63, 3.8) is 0 Å². The van der Waals surface area contributed by atoms with Crippen LogP contribution in [0.25, 0.3) is 0 Å². The average molecular weight is 321 g/mol. The van der Waals surface area contributed by atoms with Crippen molar-refractivity contribution in [2.24, 2.45) is 0 Å². The number of hydrogen-bond acceptors (Lipinski definition) is 3. The maximum atomic E-state index is 13.5. The first-order chi connectivity index (χ1) is 8.63. The van der Waals surface area contributed by atoms with Crippen molar-refractivity contribution in [2.45, 2.75) is 6.04 Å². The molecule has 0 aromatic heterocycles. The Kier molecular flexibility index (Phi) is 4.53. The molecule has 1 aromatic carbocycles. The van der Waals surface area contributed by atoms with Crippen molar-refractivity contribution >= 4 is 15.9 Å². The zero-order valence-corrected chi connectivity index (χ0v) is 11.4. The van der Waals surface area contributed by atoms with E-state index in [4.69, 9.17) is 0 Å². The number of alkyl halides is 1. The summed E-state index contributed by atoms with van der Waals surface area (Å²) in [6.07, 6.45) is 0. The van der Waals surface area contributed by atoms with Crippen LogP contribution in [0.5, 0.6) is 5.75 Å². The molecule has 1 aliphatic heterocycles. The van der Waals surface area contributed by atoms with Gasteiger partial charge in [0.1, 0.15) is 6.67 Å². The van der Waals surface area contributed by atoms with Crippen molar-refractivity contribution in [3.8, 4) is 5.75 Å². The zero-order chi connectivity index (χ0) is 13.1. The number of halogens is 3. The molecule has 0 aliphatic carbocycles. The Bertz CT molecular complexity index is 425. The summed E-state index contributed by atoms with van der Waals surface area (Å²) in [5, 5.41) is 12.9. The summed E-state index contributed by atoms with van der Waals surface area (Å²) in [6.45, 7) is 2.26. The van der Waals surface area contributed by atoms with Gasteiger partial charge in [-0.2, -0.15) is 0 Å². The van der Waals surface area contributed by atoms with Crippen LogP contribution < -0.4 is 5.32 Å². The molecule has 0 bridgehead atoms. The molecule has 6 heteroatoms.